The quantitative estimate of drug-likeness (QED) is 0.358. The van der Waals surface area contributed by atoms with Crippen LogP contribution in [0.4, 0.5) is 10.1 Å². The number of carbonyl (C=O) groups is 1. The van der Waals surface area contributed by atoms with Crippen LogP contribution in [-0.2, 0) is 12.0 Å². The molecule has 3 N–H and O–H groups in total. The summed E-state index contributed by atoms with van der Waals surface area (Å²) in [6.45, 7) is 0.192. The summed E-state index contributed by atoms with van der Waals surface area (Å²) in [5.74, 6) is -0.690. The zero-order valence-electron chi connectivity index (χ0n) is 19.4. The number of hydrogen-bond donors (Lipinski definition) is 2. The number of nitrogens with zero attached hydrogens (tertiary/aromatic N) is 1. The van der Waals surface area contributed by atoms with Gasteiger partial charge in [0, 0.05) is 40.9 Å². The first-order valence-corrected chi connectivity index (χ1v) is 11.7. The summed E-state index contributed by atoms with van der Waals surface area (Å²) in [5.41, 5.74) is 7.90. The fraction of sp³-hybridized carbons (Fsp3) is 0.143. The Morgan fingerprint density at radius 3 is 2.64 bits per heavy atom. The third-order valence-electron chi connectivity index (χ3n) is 6.36. The number of hydrogen-bond acceptors (Lipinski definition) is 5. The number of pyridine rings is 1. The Kier molecular flexibility index (Phi) is 6.35. The number of amides is 1. The molecule has 0 radical (unpaired) electrons. The summed E-state index contributed by atoms with van der Waals surface area (Å²) in [6, 6.07) is 19.3. The number of rotatable bonds is 6. The number of anilines is 1. The van der Waals surface area contributed by atoms with E-state index in [0.717, 1.165) is 5.56 Å². The zero-order valence-corrected chi connectivity index (χ0v) is 20.2. The van der Waals surface area contributed by atoms with Gasteiger partial charge < -0.3 is 20.5 Å². The zero-order chi connectivity index (χ0) is 25.3. The molecule has 0 saturated heterocycles. The van der Waals surface area contributed by atoms with Crippen molar-refractivity contribution in [2.45, 2.75) is 12.0 Å². The van der Waals surface area contributed by atoms with Gasteiger partial charge in [0.1, 0.15) is 5.75 Å². The predicted molar refractivity (Wildman–Crippen MR) is 137 cm³/mol. The van der Waals surface area contributed by atoms with Crippen molar-refractivity contribution < 1.29 is 18.7 Å². The van der Waals surface area contributed by atoms with Crippen LogP contribution in [0.25, 0.3) is 11.1 Å². The molecule has 1 atom stereocenters. The third kappa shape index (κ3) is 4.06. The standard InChI is InChI=1S/C28H23ClFN3O3/c1-35-23-11-9-19(27(34)33-18-8-5-13-32-15-18)25(26(23)30)24-20-14-28(16-31,17-6-3-2-4-7-17)36-22(20)12-10-21(24)29/h2-13,15H,14,16,31H2,1H3,(H,33,34)/t28-/m1/s1. The summed E-state index contributed by atoms with van der Waals surface area (Å²) < 4.78 is 27.6. The molecule has 4 aromatic rings. The van der Waals surface area contributed by atoms with Gasteiger partial charge in [-0.3, -0.25) is 9.78 Å². The minimum atomic E-state index is -0.851. The van der Waals surface area contributed by atoms with Gasteiger partial charge in [0.2, 0.25) is 0 Å². The van der Waals surface area contributed by atoms with Crippen LogP contribution < -0.4 is 20.5 Å². The summed E-state index contributed by atoms with van der Waals surface area (Å²) in [4.78, 5) is 17.4. The number of nitrogens with two attached hydrogens (primary N) is 1. The first kappa shape index (κ1) is 23.8. The number of ether oxygens (including phenoxy) is 2. The maximum Gasteiger partial charge on any atom is 0.256 e. The molecule has 8 heteroatoms. The Morgan fingerprint density at radius 1 is 1.14 bits per heavy atom. The molecular weight excluding hydrogens is 481 g/mol. The number of fused-ring (bicyclic) bond motifs is 1. The highest BCUT2D eigenvalue weighted by Crippen LogP contribution is 2.49. The molecular formula is C28H23ClFN3O3. The number of halogens is 2. The summed E-state index contributed by atoms with van der Waals surface area (Å²) in [7, 11) is 1.37. The van der Waals surface area contributed by atoms with Crippen LogP contribution in [0, 0.1) is 5.82 Å². The highest BCUT2D eigenvalue weighted by atomic mass is 35.5. The van der Waals surface area contributed by atoms with E-state index < -0.39 is 17.3 Å². The molecule has 0 aliphatic carbocycles. The highest BCUT2D eigenvalue weighted by molar-refractivity contribution is 6.34. The lowest BCUT2D eigenvalue weighted by Crippen LogP contribution is -2.39. The largest absolute Gasteiger partial charge is 0.494 e. The van der Waals surface area contributed by atoms with Crippen molar-refractivity contribution >= 4 is 23.2 Å². The van der Waals surface area contributed by atoms with Gasteiger partial charge in [-0.05, 0) is 42.0 Å². The minimum Gasteiger partial charge on any atom is -0.494 e. The van der Waals surface area contributed by atoms with E-state index >= 15 is 4.39 Å². The van der Waals surface area contributed by atoms with Gasteiger partial charge in [0.05, 0.1) is 24.6 Å². The molecule has 3 aromatic carbocycles. The molecule has 0 saturated carbocycles. The first-order valence-electron chi connectivity index (χ1n) is 11.3. The van der Waals surface area contributed by atoms with Gasteiger partial charge in [-0.2, -0.15) is 0 Å². The van der Waals surface area contributed by atoms with Crippen LogP contribution in [0.1, 0.15) is 21.5 Å². The van der Waals surface area contributed by atoms with E-state index in [1.807, 2.05) is 30.3 Å². The molecule has 0 unspecified atom stereocenters. The molecule has 1 amide bonds. The Hall–Kier alpha value is -3.94. The summed E-state index contributed by atoms with van der Waals surface area (Å²) >= 11 is 6.69. The van der Waals surface area contributed by atoms with E-state index in [0.29, 0.717) is 29.0 Å². The second kappa shape index (κ2) is 9.60. The van der Waals surface area contributed by atoms with Crippen LogP contribution >= 0.6 is 11.6 Å². The monoisotopic (exact) mass is 503 g/mol. The maximum atomic E-state index is 15.9. The average Bonchev–Trinajstić information content (AvgIpc) is 3.30. The molecule has 36 heavy (non-hydrogen) atoms. The SMILES string of the molecule is COc1ccc(C(=O)Nc2cccnc2)c(-c2c(Cl)ccc3c2C[C@@](CN)(c2ccccc2)O3)c1F. The van der Waals surface area contributed by atoms with Gasteiger partial charge in [0.15, 0.2) is 17.2 Å². The first-order chi connectivity index (χ1) is 17.5. The van der Waals surface area contributed by atoms with Crippen molar-refractivity contribution in [3.63, 3.8) is 0 Å². The fourth-order valence-electron chi connectivity index (χ4n) is 4.59. The fourth-order valence-corrected chi connectivity index (χ4v) is 4.86. The Morgan fingerprint density at radius 2 is 1.94 bits per heavy atom. The second-order valence-electron chi connectivity index (χ2n) is 8.44. The third-order valence-corrected chi connectivity index (χ3v) is 6.67. The lowest BCUT2D eigenvalue weighted by atomic mass is 9.85. The Labute approximate surface area is 212 Å². The normalized spacial score (nSPS) is 16.2. The molecule has 1 aliphatic heterocycles. The van der Waals surface area contributed by atoms with Crippen LogP contribution in [0.15, 0.2) is 79.1 Å². The molecule has 0 fully saturated rings. The van der Waals surface area contributed by atoms with E-state index in [1.165, 1.54) is 25.4 Å². The van der Waals surface area contributed by atoms with E-state index in [1.54, 1.807) is 30.5 Å². The highest BCUT2D eigenvalue weighted by Gasteiger charge is 2.42. The average molecular weight is 504 g/mol. The van der Waals surface area contributed by atoms with Crippen LogP contribution in [0.5, 0.6) is 11.5 Å². The molecule has 0 bridgehead atoms. The van der Waals surface area contributed by atoms with Crippen LogP contribution in [0.3, 0.4) is 0 Å². The molecule has 2 heterocycles. The molecule has 0 spiro atoms. The smallest absolute Gasteiger partial charge is 0.256 e. The van der Waals surface area contributed by atoms with E-state index in [4.69, 9.17) is 26.8 Å². The van der Waals surface area contributed by atoms with Gasteiger partial charge >= 0.3 is 0 Å². The number of aromatic nitrogens is 1. The number of methoxy groups -OCH3 is 1. The number of carbonyl (C=O) groups excluding carboxylic acids is 1. The van der Waals surface area contributed by atoms with Crippen molar-refractivity contribution in [2.75, 3.05) is 19.0 Å². The van der Waals surface area contributed by atoms with Crippen molar-refractivity contribution in [1.29, 1.82) is 0 Å². The lowest BCUT2D eigenvalue weighted by molar-refractivity contribution is 0.102. The summed E-state index contributed by atoms with van der Waals surface area (Å²) in [6.07, 6.45) is 3.45. The van der Waals surface area contributed by atoms with Gasteiger partial charge in [-0.25, -0.2) is 4.39 Å². The minimum absolute atomic E-state index is 0.0105. The van der Waals surface area contributed by atoms with E-state index in [2.05, 4.69) is 10.3 Å². The lowest BCUT2D eigenvalue weighted by Gasteiger charge is -2.27. The van der Waals surface area contributed by atoms with Crippen LogP contribution in [-0.4, -0.2) is 24.5 Å². The van der Waals surface area contributed by atoms with Gasteiger partial charge in [-0.1, -0.05) is 41.9 Å². The maximum absolute atomic E-state index is 15.9. The predicted octanol–water partition coefficient (Wildman–Crippen LogP) is 5.59. The second-order valence-corrected chi connectivity index (χ2v) is 8.85. The van der Waals surface area contributed by atoms with E-state index in [-0.39, 0.29) is 28.4 Å². The van der Waals surface area contributed by atoms with Gasteiger partial charge in [0.25, 0.3) is 5.91 Å². The molecule has 182 valence electrons. The van der Waals surface area contributed by atoms with Crippen molar-refractivity contribution in [3.05, 3.63) is 107 Å². The van der Waals surface area contributed by atoms with Gasteiger partial charge in [-0.15, -0.1) is 0 Å². The summed E-state index contributed by atoms with van der Waals surface area (Å²) in [5, 5.41) is 3.05. The topological polar surface area (TPSA) is 86.5 Å². The molecule has 1 aromatic heterocycles. The molecule has 1 aliphatic rings. The van der Waals surface area contributed by atoms with E-state index in [9.17, 15) is 4.79 Å². The Bertz CT molecular complexity index is 1430. The molecule has 5 rings (SSSR count). The molecule has 6 nitrogen and oxygen atoms in total. The number of nitrogens with one attached hydrogen (secondary N) is 1. The van der Waals surface area contributed by atoms with Crippen molar-refractivity contribution in [3.8, 4) is 22.6 Å². The van der Waals surface area contributed by atoms with Crippen molar-refractivity contribution in [1.82, 2.24) is 4.98 Å². The number of benzene rings is 3. The van der Waals surface area contributed by atoms with Crippen LogP contribution in [0.2, 0.25) is 5.02 Å². The Balaban J connectivity index is 1.67. The van der Waals surface area contributed by atoms with Crippen molar-refractivity contribution in [2.24, 2.45) is 5.73 Å².